The van der Waals surface area contributed by atoms with Gasteiger partial charge in [0.2, 0.25) is 11.8 Å². The Hall–Kier alpha value is -3.94. The van der Waals surface area contributed by atoms with Gasteiger partial charge in [0.1, 0.15) is 4.32 Å². The largest absolute Gasteiger partial charge is 0.416 e. The quantitative estimate of drug-likeness (QED) is 0.132. The first-order chi connectivity index (χ1) is 20.1. The number of thioether (sulfide) groups is 2. The Labute approximate surface area is 252 Å². The summed E-state index contributed by atoms with van der Waals surface area (Å²) in [5.74, 6) is -1.40. The number of amides is 2. The van der Waals surface area contributed by atoms with Crippen molar-refractivity contribution in [2.24, 2.45) is 0 Å². The molecule has 0 spiro atoms. The lowest BCUT2D eigenvalue weighted by molar-refractivity contribution is -0.137. The summed E-state index contributed by atoms with van der Waals surface area (Å²) >= 11 is 7.55. The van der Waals surface area contributed by atoms with Crippen molar-refractivity contribution in [1.82, 2.24) is 14.5 Å². The molecule has 5 rings (SSSR count). The van der Waals surface area contributed by atoms with Gasteiger partial charge in [0, 0.05) is 18.7 Å². The monoisotopic (exact) mass is 626 g/mol. The zero-order valence-electron chi connectivity index (χ0n) is 21.6. The molecular weight excluding hydrogens is 606 g/mol. The Balaban J connectivity index is 1.27. The van der Waals surface area contributed by atoms with Crippen LogP contribution in [0.2, 0.25) is 0 Å². The van der Waals surface area contributed by atoms with E-state index in [0.717, 1.165) is 29.5 Å². The van der Waals surface area contributed by atoms with Gasteiger partial charge in [0.25, 0.3) is 5.91 Å². The average Bonchev–Trinajstić information content (AvgIpc) is 3.46. The molecule has 214 valence electrons. The minimum Gasteiger partial charge on any atom is -0.325 e. The van der Waals surface area contributed by atoms with Crippen LogP contribution < -0.4 is 5.32 Å². The fourth-order valence-corrected chi connectivity index (χ4v) is 6.29. The molecule has 7 nitrogen and oxygen atoms in total. The fourth-order valence-electron chi connectivity index (χ4n) is 4.15. The molecule has 13 heteroatoms. The van der Waals surface area contributed by atoms with Gasteiger partial charge in [0.05, 0.1) is 27.3 Å². The SMILES string of the molecule is O=C(CSc1nc2ccccc2n1C(=O)CCN1C(=O)/C(=C\c2ccccc2)SC1=S)Nc1cccc(C(F)(F)F)c1. The van der Waals surface area contributed by atoms with Gasteiger partial charge in [-0.2, -0.15) is 13.2 Å². The van der Waals surface area contributed by atoms with E-state index >= 15 is 0 Å². The third-order valence-corrected chi connectivity index (χ3v) is 8.42. The number of para-hydroxylation sites is 2. The number of aromatic nitrogens is 2. The maximum atomic E-state index is 13.5. The number of alkyl halides is 3. The molecule has 2 heterocycles. The molecule has 0 unspecified atom stereocenters. The highest BCUT2D eigenvalue weighted by atomic mass is 32.2. The smallest absolute Gasteiger partial charge is 0.325 e. The Kier molecular flexibility index (Phi) is 8.80. The highest BCUT2D eigenvalue weighted by Crippen LogP contribution is 2.33. The lowest BCUT2D eigenvalue weighted by atomic mass is 10.2. The molecule has 1 fully saturated rings. The van der Waals surface area contributed by atoms with E-state index in [1.165, 1.54) is 33.4 Å². The van der Waals surface area contributed by atoms with Crippen molar-refractivity contribution in [2.45, 2.75) is 17.8 Å². The Bertz CT molecular complexity index is 1720. The summed E-state index contributed by atoms with van der Waals surface area (Å²) in [6, 6.07) is 20.6. The second-order valence-corrected chi connectivity index (χ2v) is 11.6. The van der Waals surface area contributed by atoms with Crippen molar-refractivity contribution in [3.05, 3.63) is 94.9 Å². The van der Waals surface area contributed by atoms with Gasteiger partial charge in [-0.3, -0.25) is 23.9 Å². The molecule has 0 saturated carbocycles. The van der Waals surface area contributed by atoms with Crippen LogP contribution in [0, 0.1) is 0 Å². The van der Waals surface area contributed by atoms with Gasteiger partial charge in [-0.1, -0.05) is 84.3 Å². The number of hydrogen-bond acceptors (Lipinski definition) is 7. The normalized spacial score (nSPS) is 14.6. The Morgan fingerprint density at radius 2 is 1.76 bits per heavy atom. The van der Waals surface area contributed by atoms with Gasteiger partial charge in [-0.25, -0.2) is 4.98 Å². The second kappa shape index (κ2) is 12.5. The number of imidazole rings is 1. The topological polar surface area (TPSA) is 84.3 Å². The fraction of sp³-hybridized carbons (Fsp3) is 0.138. The van der Waals surface area contributed by atoms with Crippen molar-refractivity contribution >= 4 is 80.6 Å². The van der Waals surface area contributed by atoms with E-state index in [1.807, 2.05) is 30.3 Å². The molecule has 1 aromatic heterocycles. The lowest BCUT2D eigenvalue weighted by Crippen LogP contribution is -2.31. The molecule has 1 aliphatic rings. The predicted molar refractivity (Wildman–Crippen MR) is 162 cm³/mol. The maximum absolute atomic E-state index is 13.5. The number of hydrogen-bond donors (Lipinski definition) is 1. The minimum absolute atomic E-state index is 0.00445. The lowest BCUT2D eigenvalue weighted by Gasteiger charge is -2.15. The van der Waals surface area contributed by atoms with Crippen LogP contribution in [-0.2, 0) is 15.8 Å². The zero-order chi connectivity index (χ0) is 29.9. The van der Waals surface area contributed by atoms with E-state index < -0.39 is 17.6 Å². The first kappa shape index (κ1) is 29.5. The number of carbonyl (C=O) groups is 3. The van der Waals surface area contributed by atoms with Crippen molar-refractivity contribution < 1.29 is 27.6 Å². The molecule has 0 bridgehead atoms. The zero-order valence-corrected chi connectivity index (χ0v) is 24.1. The van der Waals surface area contributed by atoms with E-state index in [9.17, 15) is 27.6 Å². The van der Waals surface area contributed by atoms with Crippen LogP contribution in [-0.4, -0.2) is 48.8 Å². The van der Waals surface area contributed by atoms with E-state index in [0.29, 0.717) is 20.3 Å². The number of anilines is 1. The number of thiocarbonyl (C=S) groups is 1. The molecule has 1 saturated heterocycles. The van der Waals surface area contributed by atoms with Crippen LogP contribution in [0.4, 0.5) is 18.9 Å². The standard InChI is InChI=1S/C29H21F3N4O3S3/c30-29(31,32)19-9-6-10-20(16-19)33-24(37)17-41-27-34-21-11-4-5-12-22(21)36(27)25(38)13-14-35-26(39)23(42-28(35)40)15-18-7-2-1-3-8-18/h1-12,15-16H,13-14,17H2,(H,33,37)/b23-15+. The summed E-state index contributed by atoms with van der Waals surface area (Å²) in [7, 11) is 0. The maximum Gasteiger partial charge on any atom is 0.416 e. The number of nitrogens with one attached hydrogen (secondary N) is 1. The molecule has 0 aliphatic carbocycles. The number of carbonyl (C=O) groups excluding carboxylic acids is 3. The number of fused-ring (bicyclic) bond motifs is 1. The second-order valence-electron chi connectivity index (χ2n) is 9.02. The highest BCUT2D eigenvalue weighted by molar-refractivity contribution is 8.26. The predicted octanol–water partition coefficient (Wildman–Crippen LogP) is 6.72. The summed E-state index contributed by atoms with van der Waals surface area (Å²) in [6.45, 7) is 0.0578. The molecule has 2 amide bonds. The molecule has 0 atom stereocenters. The first-order valence-corrected chi connectivity index (χ1v) is 14.7. The van der Waals surface area contributed by atoms with Crippen molar-refractivity contribution in [2.75, 3.05) is 17.6 Å². The summed E-state index contributed by atoms with van der Waals surface area (Å²) in [5, 5.41) is 2.70. The van der Waals surface area contributed by atoms with Gasteiger partial charge < -0.3 is 5.32 Å². The van der Waals surface area contributed by atoms with Crippen molar-refractivity contribution in [3.63, 3.8) is 0 Å². The van der Waals surface area contributed by atoms with E-state index in [1.54, 1.807) is 30.3 Å². The average molecular weight is 627 g/mol. The molecule has 1 aliphatic heterocycles. The Morgan fingerprint density at radius 3 is 2.52 bits per heavy atom. The number of benzene rings is 3. The summed E-state index contributed by atoms with van der Waals surface area (Å²) in [4.78, 5) is 45.4. The van der Waals surface area contributed by atoms with Crippen molar-refractivity contribution in [3.8, 4) is 0 Å². The third-order valence-electron chi connectivity index (χ3n) is 6.11. The van der Waals surface area contributed by atoms with Crippen LogP contribution in [0.5, 0.6) is 0 Å². The van der Waals surface area contributed by atoms with Crippen LogP contribution in [0.3, 0.4) is 0 Å². The first-order valence-electron chi connectivity index (χ1n) is 12.5. The van der Waals surface area contributed by atoms with E-state index in [2.05, 4.69) is 10.3 Å². The minimum atomic E-state index is -4.54. The molecule has 3 aromatic carbocycles. The highest BCUT2D eigenvalue weighted by Gasteiger charge is 2.33. The van der Waals surface area contributed by atoms with Crippen LogP contribution >= 0.6 is 35.7 Å². The number of rotatable bonds is 8. The van der Waals surface area contributed by atoms with Gasteiger partial charge in [-0.15, -0.1) is 0 Å². The van der Waals surface area contributed by atoms with Gasteiger partial charge in [0.15, 0.2) is 5.16 Å². The molecule has 42 heavy (non-hydrogen) atoms. The third kappa shape index (κ3) is 6.75. The van der Waals surface area contributed by atoms with Crippen molar-refractivity contribution in [1.29, 1.82) is 0 Å². The van der Waals surface area contributed by atoms with Crippen LogP contribution in [0.25, 0.3) is 17.1 Å². The van der Waals surface area contributed by atoms with E-state index in [4.69, 9.17) is 12.2 Å². The molecule has 1 N–H and O–H groups in total. The van der Waals surface area contributed by atoms with Crippen LogP contribution in [0.15, 0.2) is 88.9 Å². The van der Waals surface area contributed by atoms with Gasteiger partial charge in [-0.05, 0) is 42.0 Å². The summed E-state index contributed by atoms with van der Waals surface area (Å²) in [6.07, 6.45) is -2.85. The summed E-state index contributed by atoms with van der Waals surface area (Å²) < 4.78 is 40.8. The van der Waals surface area contributed by atoms with Gasteiger partial charge >= 0.3 is 6.18 Å². The summed E-state index contributed by atoms with van der Waals surface area (Å²) in [5.41, 5.74) is 1.04. The Morgan fingerprint density at radius 1 is 1.02 bits per heavy atom. The van der Waals surface area contributed by atoms with Crippen LogP contribution in [0.1, 0.15) is 22.3 Å². The number of halogens is 3. The molecule has 4 aromatic rings. The molecular formula is C29H21F3N4O3S3. The van der Waals surface area contributed by atoms with E-state index in [-0.39, 0.29) is 41.4 Å². The number of nitrogens with zero attached hydrogens (tertiary/aromatic N) is 3. The molecule has 0 radical (unpaired) electrons.